The number of halogens is 1. The lowest BCUT2D eigenvalue weighted by Crippen LogP contribution is -2.37. The minimum absolute atomic E-state index is 0.0649. The predicted octanol–water partition coefficient (Wildman–Crippen LogP) is 5.14. The molecule has 23 heavy (non-hydrogen) atoms. The normalized spacial score (nSPS) is 19.7. The van der Waals surface area contributed by atoms with Crippen LogP contribution in [-0.4, -0.2) is 0 Å². The summed E-state index contributed by atoms with van der Waals surface area (Å²) in [4.78, 5) is 0. The highest BCUT2D eigenvalue weighted by Gasteiger charge is 2.27. The quantitative estimate of drug-likeness (QED) is 0.683. The molecule has 0 bridgehead atoms. The number of nitrogens with one attached hydrogen (secondary N) is 2. The van der Waals surface area contributed by atoms with E-state index < -0.39 is 0 Å². The molecule has 0 aromatic heterocycles. The molecule has 0 saturated carbocycles. The summed E-state index contributed by atoms with van der Waals surface area (Å²) in [6.45, 7) is 0. The number of fused-ring (bicyclic) bond motifs is 1. The Bertz CT molecular complexity index is 802. The first kappa shape index (κ1) is 14.3. The highest BCUT2D eigenvalue weighted by molar-refractivity contribution is 6.30. The van der Waals surface area contributed by atoms with Crippen LogP contribution in [0.2, 0.25) is 5.02 Å². The van der Waals surface area contributed by atoms with E-state index in [1.165, 1.54) is 16.7 Å². The van der Waals surface area contributed by atoms with E-state index in [1.807, 2.05) is 24.3 Å². The third kappa shape index (κ3) is 2.83. The van der Waals surface area contributed by atoms with Gasteiger partial charge < -0.3 is 5.32 Å². The highest BCUT2D eigenvalue weighted by atomic mass is 35.5. The van der Waals surface area contributed by atoms with Crippen LogP contribution in [0.25, 0.3) is 0 Å². The Morgan fingerprint density at radius 3 is 2.09 bits per heavy atom. The fourth-order valence-electron chi connectivity index (χ4n) is 3.10. The number of hydrogen-bond acceptors (Lipinski definition) is 2. The van der Waals surface area contributed by atoms with Crippen molar-refractivity contribution in [3.05, 3.63) is 101 Å². The summed E-state index contributed by atoms with van der Waals surface area (Å²) in [5, 5.41) is 8.03. The van der Waals surface area contributed by atoms with Crippen molar-refractivity contribution in [3.8, 4) is 0 Å². The third-order valence-corrected chi connectivity index (χ3v) is 4.46. The minimum Gasteiger partial charge on any atom is -0.366 e. The first-order chi connectivity index (χ1) is 11.3. The lowest BCUT2D eigenvalue weighted by atomic mass is 9.93. The molecule has 0 amide bonds. The van der Waals surface area contributed by atoms with Gasteiger partial charge in [0.2, 0.25) is 0 Å². The van der Waals surface area contributed by atoms with Gasteiger partial charge in [0, 0.05) is 10.7 Å². The summed E-state index contributed by atoms with van der Waals surface area (Å²) in [6, 6.07) is 27.0. The van der Waals surface area contributed by atoms with Crippen molar-refractivity contribution in [1.82, 2.24) is 5.32 Å². The van der Waals surface area contributed by atoms with Gasteiger partial charge in [-0.1, -0.05) is 72.3 Å². The van der Waals surface area contributed by atoms with Gasteiger partial charge in [-0.2, -0.15) is 0 Å². The van der Waals surface area contributed by atoms with E-state index in [4.69, 9.17) is 11.6 Å². The third-order valence-electron chi connectivity index (χ3n) is 4.22. The van der Waals surface area contributed by atoms with Gasteiger partial charge >= 0.3 is 0 Å². The predicted molar refractivity (Wildman–Crippen MR) is 95.7 cm³/mol. The Kier molecular flexibility index (Phi) is 3.78. The van der Waals surface area contributed by atoms with Crippen LogP contribution in [0.1, 0.15) is 28.9 Å². The Morgan fingerprint density at radius 1 is 0.739 bits per heavy atom. The van der Waals surface area contributed by atoms with Gasteiger partial charge in [0.15, 0.2) is 0 Å². The van der Waals surface area contributed by atoms with Crippen molar-refractivity contribution in [2.75, 3.05) is 5.32 Å². The lowest BCUT2D eigenvalue weighted by molar-refractivity contribution is 0.506. The summed E-state index contributed by atoms with van der Waals surface area (Å²) in [7, 11) is 0. The monoisotopic (exact) mass is 320 g/mol. The van der Waals surface area contributed by atoms with Gasteiger partial charge in [0.05, 0.1) is 6.04 Å². The number of hydrogen-bond donors (Lipinski definition) is 2. The van der Waals surface area contributed by atoms with E-state index in [-0.39, 0.29) is 12.2 Å². The maximum atomic E-state index is 6.23. The summed E-state index contributed by atoms with van der Waals surface area (Å²) in [5.41, 5.74) is 4.75. The second kappa shape index (κ2) is 6.07. The van der Waals surface area contributed by atoms with Crippen LogP contribution in [0.4, 0.5) is 5.69 Å². The SMILES string of the molecule is Clc1ccc2c(c1)[C@H](c1ccccc1)N[C@@H](c1ccccc1)N2. The molecule has 114 valence electrons. The Morgan fingerprint density at radius 2 is 1.39 bits per heavy atom. The van der Waals surface area contributed by atoms with Crippen molar-refractivity contribution in [2.45, 2.75) is 12.2 Å². The van der Waals surface area contributed by atoms with Crippen molar-refractivity contribution >= 4 is 17.3 Å². The molecular formula is C20H17ClN2. The minimum atomic E-state index is 0.0649. The molecule has 1 aliphatic rings. The van der Waals surface area contributed by atoms with Crippen molar-refractivity contribution < 1.29 is 0 Å². The van der Waals surface area contributed by atoms with E-state index in [0.29, 0.717) is 0 Å². The van der Waals surface area contributed by atoms with Gasteiger partial charge in [0.25, 0.3) is 0 Å². The molecule has 2 atom stereocenters. The van der Waals surface area contributed by atoms with Crippen molar-refractivity contribution in [1.29, 1.82) is 0 Å². The zero-order valence-electron chi connectivity index (χ0n) is 12.5. The average Bonchev–Trinajstić information content (AvgIpc) is 2.62. The van der Waals surface area contributed by atoms with Crippen molar-refractivity contribution in [3.63, 3.8) is 0 Å². The number of anilines is 1. The van der Waals surface area contributed by atoms with E-state index >= 15 is 0 Å². The van der Waals surface area contributed by atoms with Crippen LogP contribution >= 0.6 is 11.6 Å². The fraction of sp³-hybridized carbons (Fsp3) is 0.100. The molecule has 2 nitrogen and oxygen atoms in total. The van der Waals surface area contributed by atoms with Crippen LogP contribution in [0, 0.1) is 0 Å². The summed E-state index contributed by atoms with van der Waals surface area (Å²) >= 11 is 6.23. The zero-order chi connectivity index (χ0) is 15.6. The molecule has 2 N–H and O–H groups in total. The summed E-state index contributed by atoms with van der Waals surface area (Å²) in [5.74, 6) is 0. The molecule has 0 radical (unpaired) electrons. The number of rotatable bonds is 2. The van der Waals surface area contributed by atoms with E-state index in [1.54, 1.807) is 0 Å². The molecule has 1 aliphatic heterocycles. The molecule has 0 saturated heterocycles. The molecule has 3 aromatic rings. The smallest absolute Gasteiger partial charge is 0.104 e. The second-order valence-electron chi connectivity index (χ2n) is 5.73. The summed E-state index contributed by atoms with van der Waals surface area (Å²) in [6.07, 6.45) is 0.0649. The zero-order valence-corrected chi connectivity index (χ0v) is 13.3. The molecule has 0 aliphatic carbocycles. The van der Waals surface area contributed by atoms with Crippen LogP contribution in [-0.2, 0) is 0 Å². The molecule has 0 fully saturated rings. The summed E-state index contributed by atoms with van der Waals surface area (Å²) < 4.78 is 0. The maximum Gasteiger partial charge on any atom is 0.104 e. The Labute approximate surface area is 141 Å². The highest BCUT2D eigenvalue weighted by Crippen LogP contribution is 2.37. The molecule has 3 heteroatoms. The van der Waals surface area contributed by atoms with Crippen LogP contribution < -0.4 is 10.6 Å². The maximum absolute atomic E-state index is 6.23. The van der Waals surface area contributed by atoms with E-state index in [0.717, 1.165) is 10.7 Å². The molecule has 1 heterocycles. The fourth-order valence-corrected chi connectivity index (χ4v) is 3.28. The second-order valence-corrected chi connectivity index (χ2v) is 6.17. The van der Waals surface area contributed by atoms with Crippen LogP contribution in [0.15, 0.2) is 78.9 Å². The standard InChI is InChI=1S/C20H17ClN2/c21-16-11-12-18-17(13-16)19(14-7-3-1-4-8-14)23-20(22-18)15-9-5-2-6-10-15/h1-13,19-20,22-23H/t19-,20-/m0/s1. The van der Waals surface area contributed by atoms with E-state index in [9.17, 15) is 0 Å². The van der Waals surface area contributed by atoms with Gasteiger partial charge in [0.1, 0.15) is 6.17 Å². The molecule has 4 rings (SSSR count). The first-order valence-electron chi connectivity index (χ1n) is 7.73. The van der Waals surface area contributed by atoms with E-state index in [2.05, 4.69) is 65.2 Å². The average molecular weight is 321 g/mol. The topological polar surface area (TPSA) is 24.1 Å². The molecule has 0 unspecified atom stereocenters. The molecule has 0 spiro atoms. The van der Waals surface area contributed by atoms with Gasteiger partial charge in [-0.15, -0.1) is 0 Å². The van der Waals surface area contributed by atoms with Gasteiger partial charge in [-0.25, -0.2) is 0 Å². The van der Waals surface area contributed by atoms with Crippen LogP contribution in [0.5, 0.6) is 0 Å². The van der Waals surface area contributed by atoms with Gasteiger partial charge in [-0.3, -0.25) is 5.32 Å². The number of benzene rings is 3. The van der Waals surface area contributed by atoms with Crippen molar-refractivity contribution in [2.24, 2.45) is 0 Å². The Hall–Kier alpha value is -2.29. The molecule has 3 aromatic carbocycles. The Balaban J connectivity index is 1.79. The van der Waals surface area contributed by atoms with Crippen LogP contribution in [0.3, 0.4) is 0 Å². The van der Waals surface area contributed by atoms with Gasteiger partial charge in [-0.05, 0) is 34.9 Å². The largest absolute Gasteiger partial charge is 0.366 e. The molecular weight excluding hydrogens is 304 g/mol. The lowest BCUT2D eigenvalue weighted by Gasteiger charge is -2.35. The first-order valence-corrected chi connectivity index (χ1v) is 8.11.